The number of aromatic nitrogens is 1. The van der Waals surface area contributed by atoms with Crippen LogP contribution in [0.25, 0.3) is 0 Å². The molecular weight excluding hydrogens is 292 g/mol. The number of nitrogens with zero attached hydrogens (tertiary/aromatic N) is 3. The summed E-state index contributed by atoms with van der Waals surface area (Å²) in [4.78, 5) is 30.9. The van der Waals surface area contributed by atoms with Gasteiger partial charge >= 0.3 is 0 Å². The third-order valence-corrected chi connectivity index (χ3v) is 3.74. The number of hydrogen-bond acceptors (Lipinski definition) is 5. The molecule has 1 aromatic carbocycles. The molecule has 0 aliphatic carbocycles. The zero-order valence-corrected chi connectivity index (χ0v) is 12.9. The van der Waals surface area contributed by atoms with E-state index in [1.807, 2.05) is 42.3 Å². The van der Waals surface area contributed by atoms with E-state index >= 15 is 0 Å². The van der Waals surface area contributed by atoms with Crippen molar-refractivity contribution in [2.45, 2.75) is 6.42 Å². The topological polar surface area (TPSA) is 65.5 Å². The molecular formula is C17H16N4O2. The molecule has 1 aliphatic heterocycles. The predicted molar refractivity (Wildman–Crippen MR) is 89.0 cm³/mol. The average Bonchev–Trinajstić information content (AvgIpc) is 2.79. The van der Waals surface area contributed by atoms with Crippen molar-refractivity contribution >= 4 is 29.2 Å². The van der Waals surface area contributed by atoms with Gasteiger partial charge in [0.25, 0.3) is 0 Å². The first-order valence-electron chi connectivity index (χ1n) is 7.17. The molecule has 0 unspecified atom stereocenters. The Bertz CT molecular complexity index is 797. The normalized spacial score (nSPS) is 12.9. The summed E-state index contributed by atoms with van der Waals surface area (Å²) in [6, 6.07) is 13.1. The number of benzene rings is 1. The fourth-order valence-electron chi connectivity index (χ4n) is 2.56. The largest absolute Gasteiger partial charge is 0.318 e. The highest BCUT2D eigenvalue weighted by Gasteiger charge is 2.28. The lowest BCUT2D eigenvalue weighted by Crippen LogP contribution is -2.22. The van der Waals surface area contributed by atoms with E-state index in [9.17, 15) is 9.59 Å². The molecule has 1 aromatic heterocycles. The van der Waals surface area contributed by atoms with Gasteiger partial charge in [-0.1, -0.05) is 30.3 Å². The van der Waals surface area contributed by atoms with Gasteiger partial charge in [-0.25, -0.2) is 9.78 Å². The number of amides is 1. The van der Waals surface area contributed by atoms with Crippen molar-refractivity contribution in [2.24, 2.45) is 0 Å². The van der Waals surface area contributed by atoms with Crippen molar-refractivity contribution in [2.75, 3.05) is 29.2 Å². The van der Waals surface area contributed by atoms with Crippen LogP contribution >= 0.6 is 0 Å². The zero-order chi connectivity index (χ0) is 16.4. The first-order valence-corrected chi connectivity index (χ1v) is 7.17. The number of nitrogens with one attached hydrogen (secondary N) is 1. The molecule has 0 spiro atoms. The van der Waals surface area contributed by atoms with E-state index in [1.54, 1.807) is 30.0 Å². The standard InChI is InChI=1S/C17H16N4O2/c1-20-13-8-9-14(19-17(13)21(2)16(20)11-22)18-15(23)10-12-6-4-3-5-7-12/h3-9H,10H2,1-2H3,(H,18,19,23). The minimum atomic E-state index is -0.135. The van der Waals surface area contributed by atoms with Gasteiger partial charge < -0.3 is 15.1 Å². The summed E-state index contributed by atoms with van der Waals surface area (Å²) >= 11 is 0. The summed E-state index contributed by atoms with van der Waals surface area (Å²) < 4.78 is 0. The molecule has 1 aliphatic rings. The van der Waals surface area contributed by atoms with E-state index in [0.29, 0.717) is 17.5 Å². The van der Waals surface area contributed by atoms with Crippen molar-refractivity contribution in [1.29, 1.82) is 0 Å². The summed E-state index contributed by atoms with van der Waals surface area (Å²) in [5.74, 6) is 3.22. The monoisotopic (exact) mass is 308 g/mol. The molecule has 0 saturated heterocycles. The minimum absolute atomic E-state index is 0.135. The summed E-state index contributed by atoms with van der Waals surface area (Å²) in [6.45, 7) is 0. The lowest BCUT2D eigenvalue weighted by Gasteiger charge is -2.12. The SMILES string of the molecule is CN1C(=C=O)N(C)c2nc(NC(=O)Cc3ccccc3)ccc21. The second-order valence-corrected chi connectivity index (χ2v) is 5.29. The highest BCUT2D eigenvalue weighted by atomic mass is 16.1. The van der Waals surface area contributed by atoms with E-state index in [-0.39, 0.29) is 12.3 Å². The van der Waals surface area contributed by atoms with Crippen LogP contribution in [0.5, 0.6) is 0 Å². The van der Waals surface area contributed by atoms with Gasteiger partial charge in [-0.05, 0) is 17.7 Å². The van der Waals surface area contributed by atoms with Gasteiger partial charge in [0.1, 0.15) is 5.82 Å². The van der Waals surface area contributed by atoms with Crippen LogP contribution in [0.3, 0.4) is 0 Å². The average molecular weight is 308 g/mol. The van der Waals surface area contributed by atoms with E-state index in [2.05, 4.69) is 10.3 Å². The Labute approximate surface area is 134 Å². The Kier molecular flexibility index (Phi) is 3.83. The smallest absolute Gasteiger partial charge is 0.229 e. The molecule has 23 heavy (non-hydrogen) atoms. The molecule has 0 atom stereocenters. The Morgan fingerprint density at radius 3 is 2.57 bits per heavy atom. The lowest BCUT2D eigenvalue weighted by atomic mass is 10.1. The van der Waals surface area contributed by atoms with Crippen molar-refractivity contribution in [3.63, 3.8) is 0 Å². The van der Waals surface area contributed by atoms with E-state index in [1.165, 1.54) is 0 Å². The molecule has 1 N–H and O–H groups in total. The zero-order valence-electron chi connectivity index (χ0n) is 12.9. The molecule has 0 saturated carbocycles. The first kappa shape index (κ1) is 14.8. The first-order chi connectivity index (χ1) is 11.1. The number of carbonyl (C=O) groups excluding carboxylic acids is 2. The fourth-order valence-corrected chi connectivity index (χ4v) is 2.56. The van der Waals surface area contributed by atoms with Gasteiger partial charge in [-0.2, -0.15) is 0 Å². The van der Waals surface area contributed by atoms with E-state index < -0.39 is 0 Å². The highest BCUT2D eigenvalue weighted by Crippen LogP contribution is 2.37. The van der Waals surface area contributed by atoms with Crippen LogP contribution in [0.2, 0.25) is 0 Å². The maximum Gasteiger partial charge on any atom is 0.229 e. The van der Waals surface area contributed by atoms with Gasteiger partial charge in [-0.15, -0.1) is 0 Å². The van der Waals surface area contributed by atoms with E-state index in [0.717, 1.165) is 11.3 Å². The van der Waals surface area contributed by atoms with Crippen molar-refractivity contribution in [3.05, 3.63) is 53.8 Å². The Balaban J connectivity index is 1.77. The van der Waals surface area contributed by atoms with Crippen LogP contribution < -0.4 is 15.1 Å². The third-order valence-electron chi connectivity index (χ3n) is 3.74. The van der Waals surface area contributed by atoms with Crippen LogP contribution in [0.4, 0.5) is 17.3 Å². The summed E-state index contributed by atoms with van der Waals surface area (Å²) in [6.07, 6.45) is 0.287. The number of hydrogen-bond donors (Lipinski definition) is 1. The molecule has 0 bridgehead atoms. The molecule has 116 valence electrons. The summed E-state index contributed by atoms with van der Waals surface area (Å²) in [5, 5.41) is 2.79. The van der Waals surface area contributed by atoms with Gasteiger partial charge in [0.05, 0.1) is 12.1 Å². The summed E-state index contributed by atoms with van der Waals surface area (Å²) in [5.41, 5.74) is 1.74. The predicted octanol–water partition coefficient (Wildman–Crippen LogP) is 1.82. The number of rotatable bonds is 3. The molecule has 0 radical (unpaired) electrons. The molecule has 2 heterocycles. The van der Waals surface area contributed by atoms with Crippen LogP contribution in [-0.2, 0) is 16.0 Å². The summed E-state index contributed by atoms with van der Waals surface area (Å²) in [7, 11) is 3.52. The molecule has 2 aromatic rings. The third kappa shape index (κ3) is 2.80. The van der Waals surface area contributed by atoms with Gasteiger partial charge in [0.15, 0.2) is 11.8 Å². The van der Waals surface area contributed by atoms with Crippen LogP contribution in [0.15, 0.2) is 48.3 Å². The molecule has 1 amide bonds. The van der Waals surface area contributed by atoms with Gasteiger partial charge in [-0.3, -0.25) is 4.79 Å². The van der Waals surface area contributed by atoms with Crippen molar-refractivity contribution in [1.82, 2.24) is 4.98 Å². The Morgan fingerprint density at radius 1 is 1.13 bits per heavy atom. The number of pyridine rings is 1. The van der Waals surface area contributed by atoms with Gasteiger partial charge in [0.2, 0.25) is 11.7 Å². The maximum absolute atomic E-state index is 12.1. The van der Waals surface area contributed by atoms with Crippen molar-refractivity contribution in [3.8, 4) is 0 Å². The maximum atomic E-state index is 12.1. The van der Waals surface area contributed by atoms with Crippen LogP contribution in [0.1, 0.15) is 5.56 Å². The van der Waals surface area contributed by atoms with Crippen LogP contribution in [0, 0.1) is 0 Å². The van der Waals surface area contributed by atoms with Gasteiger partial charge in [0, 0.05) is 14.1 Å². The Hall–Kier alpha value is -3.11. The second-order valence-electron chi connectivity index (χ2n) is 5.29. The molecule has 3 rings (SSSR count). The minimum Gasteiger partial charge on any atom is -0.318 e. The molecule has 0 fully saturated rings. The Morgan fingerprint density at radius 2 is 1.87 bits per heavy atom. The second kappa shape index (κ2) is 5.94. The number of fused-ring (bicyclic) bond motifs is 1. The quantitative estimate of drug-likeness (QED) is 0.876. The lowest BCUT2D eigenvalue weighted by molar-refractivity contribution is -0.115. The molecule has 6 nitrogen and oxygen atoms in total. The highest BCUT2D eigenvalue weighted by molar-refractivity contribution is 5.93. The molecule has 6 heteroatoms. The van der Waals surface area contributed by atoms with E-state index in [4.69, 9.17) is 0 Å². The van der Waals surface area contributed by atoms with Crippen molar-refractivity contribution < 1.29 is 9.59 Å². The fraction of sp³-hybridized carbons (Fsp3) is 0.176. The van der Waals surface area contributed by atoms with Crippen LogP contribution in [-0.4, -0.2) is 30.9 Å². The number of carbonyl (C=O) groups is 1. The number of anilines is 3.